The van der Waals surface area contributed by atoms with Crippen LogP contribution in [0.15, 0.2) is 17.0 Å². The molecule has 2 rings (SSSR count). The lowest BCUT2D eigenvalue weighted by molar-refractivity contribution is -0.122. The summed E-state index contributed by atoms with van der Waals surface area (Å²) in [5.74, 6) is 3.29. The maximum absolute atomic E-state index is 12.2. The first-order valence-electron chi connectivity index (χ1n) is 7.29. The number of carbonyl (C=O) groups is 2. The summed E-state index contributed by atoms with van der Waals surface area (Å²) < 4.78 is 12.0. The van der Waals surface area contributed by atoms with E-state index in [0.29, 0.717) is 29.6 Å². The third-order valence-electron chi connectivity index (χ3n) is 3.12. The van der Waals surface area contributed by atoms with Gasteiger partial charge in [0.1, 0.15) is 6.61 Å². The van der Waals surface area contributed by atoms with Gasteiger partial charge in [0.25, 0.3) is 11.1 Å². The molecule has 126 valence electrons. The summed E-state index contributed by atoms with van der Waals surface area (Å²) in [5.41, 5.74) is 0.762. The maximum atomic E-state index is 12.2. The molecule has 0 saturated carbocycles. The van der Waals surface area contributed by atoms with Gasteiger partial charge in [-0.15, -0.1) is 6.42 Å². The van der Waals surface area contributed by atoms with Gasteiger partial charge < -0.3 is 9.47 Å². The quantitative estimate of drug-likeness (QED) is 0.370. The number of nitrogens with zero attached hydrogens (tertiary/aromatic N) is 1. The Morgan fingerprint density at radius 3 is 2.67 bits per heavy atom. The molecule has 1 heterocycles. The largest absolute Gasteiger partial charge is 0.490 e. The number of amides is 2. The molecular weight excluding hydrogens is 441 g/mol. The van der Waals surface area contributed by atoms with Gasteiger partial charge in [-0.25, -0.2) is 0 Å². The minimum atomic E-state index is -0.270. The molecular formula is C17H16INO4S. The van der Waals surface area contributed by atoms with Crippen molar-refractivity contribution < 1.29 is 19.1 Å². The highest BCUT2D eigenvalue weighted by molar-refractivity contribution is 14.1. The SMILES string of the molecule is C#CCOc1c(I)cc(/C=C2\SC(=O)N(CC)C2=O)cc1OCC. The van der Waals surface area contributed by atoms with E-state index in [2.05, 4.69) is 28.5 Å². The van der Waals surface area contributed by atoms with Crippen LogP contribution in [0.1, 0.15) is 19.4 Å². The number of halogens is 1. The number of rotatable bonds is 6. The van der Waals surface area contributed by atoms with Crippen molar-refractivity contribution in [3.63, 3.8) is 0 Å². The Kier molecular flexibility index (Phi) is 6.57. The smallest absolute Gasteiger partial charge is 0.293 e. The van der Waals surface area contributed by atoms with E-state index in [1.807, 2.05) is 13.0 Å². The van der Waals surface area contributed by atoms with Gasteiger partial charge in [0.05, 0.1) is 15.1 Å². The lowest BCUT2D eigenvalue weighted by Gasteiger charge is -2.13. The highest BCUT2D eigenvalue weighted by Gasteiger charge is 2.33. The van der Waals surface area contributed by atoms with Gasteiger partial charge in [-0.1, -0.05) is 5.92 Å². The van der Waals surface area contributed by atoms with Crippen LogP contribution in [-0.4, -0.2) is 35.8 Å². The number of hydrogen-bond donors (Lipinski definition) is 0. The summed E-state index contributed by atoms with van der Waals surface area (Å²) in [6, 6.07) is 3.63. The molecule has 5 nitrogen and oxygen atoms in total. The van der Waals surface area contributed by atoms with Gasteiger partial charge in [-0.3, -0.25) is 14.5 Å². The van der Waals surface area contributed by atoms with E-state index in [0.717, 1.165) is 20.9 Å². The van der Waals surface area contributed by atoms with E-state index in [1.165, 1.54) is 4.90 Å². The zero-order valence-corrected chi connectivity index (χ0v) is 16.3. The molecule has 0 spiro atoms. The van der Waals surface area contributed by atoms with E-state index in [9.17, 15) is 9.59 Å². The number of benzene rings is 1. The Morgan fingerprint density at radius 2 is 2.08 bits per heavy atom. The second-order valence-electron chi connectivity index (χ2n) is 4.68. The number of carbonyl (C=O) groups excluding carboxylic acids is 2. The third-order valence-corrected chi connectivity index (χ3v) is 4.83. The van der Waals surface area contributed by atoms with Gasteiger partial charge in [-0.2, -0.15) is 0 Å². The van der Waals surface area contributed by atoms with Crippen LogP contribution in [0.25, 0.3) is 6.08 Å². The van der Waals surface area contributed by atoms with E-state index < -0.39 is 0 Å². The number of likely N-dealkylation sites (N-methyl/N-ethyl adjacent to an activating group) is 1. The van der Waals surface area contributed by atoms with E-state index >= 15 is 0 Å². The molecule has 0 atom stereocenters. The standard InChI is InChI=1S/C17H16INO4S/c1-4-7-23-15-12(18)8-11(9-13(15)22-6-3)10-14-16(20)19(5-2)17(21)24-14/h1,8-10H,5-7H2,2-3H3/b14-10-. The number of thioether (sulfide) groups is 1. The first-order chi connectivity index (χ1) is 11.5. The Balaban J connectivity index is 2.38. The van der Waals surface area contributed by atoms with Gasteiger partial charge in [0, 0.05) is 6.54 Å². The molecule has 1 saturated heterocycles. The van der Waals surface area contributed by atoms with Crippen LogP contribution in [0, 0.1) is 15.9 Å². The van der Waals surface area contributed by atoms with Crippen LogP contribution < -0.4 is 9.47 Å². The first kappa shape index (κ1) is 18.7. The van der Waals surface area contributed by atoms with E-state index in [4.69, 9.17) is 15.9 Å². The average molecular weight is 457 g/mol. The predicted octanol–water partition coefficient (Wildman–Crippen LogP) is 3.76. The van der Waals surface area contributed by atoms with Crippen molar-refractivity contribution in [2.45, 2.75) is 13.8 Å². The molecule has 0 aliphatic carbocycles. The number of hydrogen-bond acceptors (Lipinski definition) is 5. The Bertz CT molecular complexity index is 739. The second kappa shape index (κ2) is 8.44. The molecule has 2 amide bonds. The van der Waals surface area contributed by atoms with Crippen molar-refractivity contribution in [2.75, 3.05) is 19.8 Å². The minimum absolute atomic E-state index is 0.144. The van der Waals surface area contributed by atoms with Gasteiger partial charge in [0.2, 0.25) is 0 Å². The Hall–Kier alpha value is -1.66. The topological polar surface area (TPSA) is 55.8 Å². The highest BCUT2D eigenvalue weighted by Crippen LogP contribution is 2.37. The Labute approximate surface area is 158 Å². The molecule has 0 unspecified atom stereocenters. The fourth-order valence-corrected chi connectivity index (χ4v) is 3.80. The van der Waals surface area contributed by atoms with Crippen molar-refractivity contribution in [2.24, 2.45) is 0 Å². The number of ether oxygens (including phenoxy) is 2. The van der Waals surface area contributed by atoms with E-state index in [1.54, 1.807) is 19.1 Å². The lowest BCUT2D eigenvalue weighted by atomic mass is 10.2. The molecule has 0 bridgehead atoms. The van der Waals surface area contributed by atoms with Gasteiger partial charge in [-0.05, 0) is 72.0 Å². The van der Waals surface area contributed by atoms with E-state index in [-0.39, 0.29) is 17.8 Å². The fourth-order valence-electron chi connectivity index (χ4n) is 2.11. The van der Waals surface area contributed by atoms with Crippen molar-refractivity contribution in [3.8, 4) is 23.8 Å². The third kappa shape index (κ3) is 4.05. The summed E-state index contributed by atoms with van der Waals surface area (Å²) in [5, 5.41) is -0.248. The summed E-state index contributed by atoms with van der Waals surface area (Å²) in [6.45, 7) is 4.62. The highest BCUT2D eigenvalue weighted by atomic mass is 127. The van der Waals surface area contributed by atoms with Gasteiger partial charge >= 0.3 is 0 Å². The van der Waals surface area contributed by atoms with Crippen LogP contribution in [0.2, 0.25) is 0 Å². The summed E-state index contributed by atoms with van der Waals surface area (Å²) in [7, 11) is 0. The van der Waals surface area contributed by atoms with Crippen LogP contribution in [0.5, 0.6) is 11.5 Å². The molecule has 0 N–H and O–H groups in total. The van der Waals surface area contributed by atoms with Crippen LogP contribution in [-0.2, 0) is 4.79 Å². The number of terminal acetylenes is 1. The summed E-state index contributed by atoms with van der Waals surface area (Å²) in [4.78, 5) is 25.6. The average Bonchev–Trinajstić information content (AvgIpc) is 2.80. The molecule has 7 heteroatoms. The zero-order valence-electron chi connectivity index (χ0n) is 13.3. The van der Waals surface area contributed by atoms with Crippen molar-refractivity contribution >= 4 is 51.6 Å². The van der Waals surface area contributed by atoms with Gasteiger partial charge in [0.15, 0.2) is 11.5 Å². The van der Waals surface area contributed by atoms with Crippen LogP contribution in [0.3, 0.4) is 0 Å². The molecule has 0 radical (unpaired) electrons. The van der Waals surface area contributed by atoms with Crippen molar-refractivity contribution in [1.82, 2.24) is 4.90 Å². The minimum Gasteiger partial charge on any atom is -0.490 e. The van der Waals surface area contributed by atoms with Crippen LogP contribution >= 0.6 is 34.4 Å². The molecule has 1 aliphatic rings. The summed E-state index contributed by atoms with van der Waals surface area (Å²) in [6.07, 6.45) is 6.93. The van der Waals surface area contributed by atoms with Crippen molar-refractivity contribution in [3.05, 3.63) is 26.2 Å². The normalized spacial score (nSPS) is 15.8. The Morgan fingerprint density at radius 1 is 1.33 bits per heavy atom. The zero-order chi connectivity index (χ0) is 17.7. The summed E-state index contributed by atoms with van der Waals surface area (Å²) >= 11 is 3.07. The molecule has 1 aliphatic heterocycles. The van der Waals surface area contributed by atoms with Crippen molar-refractivity contribution in [1.29, 1.82) is 0 Å². The number of imide groups is 1. The molecule has 1 aromatic carbocycles. The predicted molar refractivity (Wildman–Crippen MR) is 103 cm³/mol. The lowest BCUT2D eigenvalue weighted by Crippen LogP contribution is -2.27. The molecule has 1 aromatic rings. The fraction of sp³-hybridized carbons (Fsp3) is 0.294. The molecule has 24 heavy (non-hydrogen) atoms. The second-order valence-corrected chi connectivity index (χ2v) is 6.84. The molecule has 1 fully saturated rings. The van der Waals surface area contributed by atoms with Crippen LogP contribution in [0.4, 0.5) is 4.79 Å². The molecule has 0 aromatic heterocycles. The monoisotopic (exact) mass is 457 g/mol. The first-order valence-corrected chi connectivity index (χ1v) is 9.19. The maximum Gasteiger partial charge on any atom is 0.293 e.